The number of anilines is 2. The van der Waals surface area contributed by atoms with Crippen molar-refractivity contribution in [1.82, 2.24) is 9.97 Å². The van der Waals surface area contributed by atoms with Gasteiger partial charge in [-0.2, -0.15) is 5.26 Å². The highest BCUT2D eigenvalue weighted by molar-refractivity contribution is 5.90. The number of nitrogens with two attached hydrogens (primary N) is 1. The predicted molar refractivity (Wildman–Crippen MR) is 110 cm³/mol. The Labute approximate surface area is 173 Å². The molecule has 0 saturated carbocycles. The van der Waals surface area contributed by atoms with Crippen LogP contribution in [0.15, 0.2) is 18.2 Å². The lowest BCUT2D eigenvalue weighted by Crippen LogP contribution is -2.31. The number of amides is 1. The van der Waals surface area contributed by atoms with Crippen LogP contribution < -0.4 is 16.4 Å². The van der Waals surface area contributed by atoms with Crippen molar-refractivity contribution < 1.29 is 19.1 Å². The smallest absolute Gasteiger partial charge is 0.411 e. The van der Waals surface area contributed by atoms with Gasteiger partial charge in [-0.25, -0.2) is 14.6 Å². The van der Waals surface area contributed by atoms with Crippen molar-refractivity contribution in [2.75, 3.05) is 24.9 Å². The summed E-state index contributed by atoms with van der Waals surface area (Å²) in [6.45, 7) is 0. The van der Waals surface area contributed by atoms with Crippen molar-refractivity contribution in [3.8, 4) is 17.3 Å². The molecule has 158 valence electrons. The molecule has 1 aromatic carbocycles. The number of rotatable bonds is 2. The van der Waals surface area contributed by atoms with Crippen LogP contribution in [0.4, 0.5) is 16.2 Å². The minimum absolute atomic E-state index is 0.269. The minimum Gasteiger partial charge on any atom is -0.467 e. The van der Waals surface area contributed by atoms with Gasteiger partial charge in [0.2, 0.25) is 0 Å². The molecule has 1 amide bonds. The monoisotopic (exact) mass is 412 g/mol. The first-order valence-corrected chi connectivity index (χ1v) is 9.56. The van der Waals surface area contributed by atoms with Crippen LogP contribution >= 0.6 is 0 Å². The number of benzene rings is 1. The molecule has 0 unspecified atom stereocenters. The summed E-state index contributed by atoms with van der Waals surface area (Å²) in [5, 5.41) is 15.4. The largest absolute Gasteiger partial charge is 0.467 e. The third-order valence-electron chi connectivity index (χ3n) is 4.96. The van der Waals surface area contributed by atoms with Gasteiger partial charge in [0.15, 0.2) is 0 Å². The molecule has 3 rings (SSSR count). The number of hydrogen-bond donors (Lipinski definition) is 4. The lowest BCUT2D eigenvalue weighted by atomic mass is 10.0. The Balaban J connectivity index is 2.13. The first-order valence-electron chi connectivity index (χ1n) is 9.56. The summed E-state index contributed by atoms with van der Waals surface area (Å²) in [5.74, 6) is 0.131. The number of aromatic amines is 1. The average Bonchev–Trinajstić information content (AvgIpc) is 3.19. The molecule has 0 spiro atoms. The molecule has 0 aliphatic carbocycles. The second kappa shape index (κ2) is 9.28. The highest BCUT2D eigenvalue weighted by Gasteiger charge is 2.25. The number of ether oxygens (including phenoxy) is 2. The number of nitrogens with zero attached hydrogens (tertiary/aromatic N) is 2. The number of esters is 1. The number of fused-ring (bicyclic) bond motifs is 4. The van der Waals surface area contributed by atoms with Gasteiger partial charge in [0, 0.05) is 16.9 Å². The Morgan fingerprint density at radius 1 is 1.27 bits per heavy atom. The second-order valence-electron chi connectivity index (χ2n) is 6.95. The normalized spacial score (nSPS) is 18.5. The van der Waals surface area contributed by atoms with Crippen molar-refractivity contribution in [2.24, 2.45) is 5.73 Å². The van der Waals surface area contributed by atoms with Crippen molar-refractivity contribution in [2.45, 2.75) is 37.8 Å². The zero-order valence-electron chi connectivity index (χ0n) is 16.8. The van der Waals surface area contributed by atoms with Gasteiger partial charge in [-0.1, -0.05) is 12.8 Å². The molecule has 0 fully saturated rings. The zero-order valence-corrected chi connectivity index (χ0v) is 16.8. The summed E-state index contributed by atoms with van der Waals surface area (Å²) < 4.78 is 9.59. The number of imidazole rings is 1. The van der Waals surface area contributed by atoms with E-state index in [9.17, 15) is 14.9 Å². The number of carbonyl (C=O) groups excluding carboxylic acids is 2. The van der Waals surface area contributed by atoms with E-state index in [0.29, 0.717) is 41.3 Å². The number of carbonyl (C=O) groups is 2. The topological polar surface area (TPSA) is 155 Å². The average molecular weight is 412 g/mol. The molecule has 2 bridgehead atoms. The maximum Gasteiger partial charge on any atom is 0.411 e. The van der Waals surface area contributed by atoms with E-state index in [1.807, 2.05) is 0 Å². The van der Waals surface area contributed by atoms with Crippen molar-refractivity contribution >= 4 is 23.4 Å². The minimum atomic E-state index is -0.627. The standard InChI is InChI=1S/C20H24N6O4/c1-29-19(27)14-6-4-3-5-13(22)18-25-16(10-21)17(26-18)12-8-7-11(9-15(12)24-14)23-20(28)30-2/h7-9,13-14,24H,3-6,22H2,1-2H3,(H,23,28)(H,25,26)/t13-,14+/m0/s1. The van der Waals surface area contributed by atoms with Crippen LogP contribution in [0.3, 0.4) is 0 Å². The highest BCUT2D eigenvalue weighted by Crippen LogP contribution is 2.34. The molecule has 2 heterocycles. The van der Waals surface area contributed by atoms with E-state index in [1.54, 1.807) is 18.2 Å². The molecule has 5 N–H and O–H groups in total. The van der Waals surface area contributed by atoms with E-state index < -0.39 is 18.1 Å². The van der Waals surface area contributed by atoms with Crippen LogP contribution in [-0.2, 0) is 14.3 Å². The van der Waals surface area contributed by atoms with Crippen molar-refractivity contribution in [1.29, 1.82) is 5.26 Å². The molecule has 30 heavy (non-hydrogen) atoms. The van der Waals surface area contributed by atoms with Gasteiger partial charge in [-0.3, -0.25) is 5.32 Å². The van der Waals surface area contributed by atoms with E-state index in [-0.39, 0.29) is 11.7 Å². The molecule has 1 aliphatic heterocycles. The Morgan fingerprint density at radius 3 is 2.73 bits per heavy atom. The maximum atomic E-state index is 12.3. The fourth-order valence-corrected chi connectivity index (χ4v) is 3.39. The molecular formula is C20H24N6O4. The van der Waals surface area contributed by atoms with Crippen molar-refractivity contribution in [3.05, 3.63) is 29.7 Å². The number of nitrogens with one attached hydrogen (secondary N) is 3. The Kier molecular flexibility index (Phi) is 6.54. The summed E-state index contributed by atoms with van der Waals surface area (Å²) in [7, 11) is 2.60. The second-order valence-corrected chi connectivity index (χ2v) is 6.95. The third kappa shape index (κ3) is 4.52. The fraction of sp³-hybridized carbons (Fsp3) is 0.400. The van der Waals surface area contributed by atoms with Gasteiger partial charge in [0.1, 0.15) is 29.3 Å². The van der Waals surface area contributed by atoms with Crippen LogP contribution in [0.1, 0.15) is 43.2 Å². The van der Waals surface area contributed by atoms with E-state index in [1.165, 1.54) is 14.2 Å². The quantitative estimate of drug-likeness (QED) is 0.549. The molecule has 1 aliphatic rings. The fourth-order valence-electron chi connectivity index (χ4n) is 3.39. The Hall–Kier alpha value is -3.58. The molecule has 0 saturated heterocycles. The number of hydrogen-bond acceptors (Lipinski definition) is 8. The van der Waals surface area contributed by atoms with E-state index in [0.717, 1.165) is 12.8 Å². The number of aromatic nitrogens is 2. The zero-order chi connectivity index (χ0) is 21.7. The Morgan fingerprint density at radius 2 is 2.03 bits per heavy atom. The van der Waals surface area contributed by atoms with Crippen LogP contribution in [0.2, 0.25) is 0 Å². The van der Waals surface area contributed by atoms with Gasteiger partial charge < -0.3 is 25.5 Å². The van der Waals surface area contributed by atoms with Crippen LogP contribution in [0.25, 0.3) is 11.3 Å². The lowest BCUT2D eigenvalue weighted by Gasteiger charge is -2.21. The summed E-state index contributed by atoms with van der Waals surface area (Å²) in [6.07, 6.45) is 2.11. The van der Waals surface area contributed by atoms with E-state index >= 15 is 0 Å². The lowest BCUT2D eigenvalue weighted by molar-refractivity contribution is -0.141. The van der Waals surface area contributed by atoms with Gasteiger partial charge in [0.05, 0.1) is 20.3 Å². The maximum absolute atomic E-state index is 12.3. The van der Waals surface area contributed by atoms with Gasteiger partial charge in [0.25, 0.3) is 0 Å². The van der Waals surface area contributed by atoms with Gasteiger partial charge >= 0.3 is 12.1 Å². The Bertz CT molecular complexity index is 980. The third-order valence-corrected chi connectivity index (χ3v) is 4.96. The molecule has 10 nitrogen and oxygen atoms in total. The predicted octanol–water partition coefficient (Wildman–Crippen LogP) is 2.65. The van der Waals surface area contributed by atoms with Gasteiger partial charge in [-0.15, -0.1) is 0 Å². The summed E-state index contributed by atoms with van der Waals surface area (Å²) in [5.41, 5.74) is 8.49. The highest BCUT2D eigenvalue weighted by atomic mass is 16.5. The molecule has 2 atom stereocenters. The molecular weight excluding hydrogens is 388 g/mol. The molecule has 1 aromatic heterocycles. The molecule has 0 radical (unpaired) electrons. The number of H-pyrrole nitrogens is 1. The summed E-state index contributed by atoms with van der Waals surface area (Å²) >= 11 is 0. The van der Waals surface area contributed by atoms with Gasteiger partial charge in [-0.05, 0) is 31.0 Å². The summed E-state index contributed by atoms with van der Waals surface area (Å²) in [4.78, 5) is 31.5. The first kappa shape index (κ1) is 21.1. The van der Waals surface area contributed by atoms with Crippen LogP contribution in [-0.4, -0.2) is 42.3 Å². The SMILES string of the molecule is COC(=O)Nc1ccc2c(c1)N[C@@H](C(=O)OC)CCCC[C@H](N)c1nc-2c(C#N)[nH]1. The first-order chi connectivity index (χ1) is 14.5. The number of methoxy groups -OCH3 is 2. The van der Waals surface area contributed by atoms with E-state index in [2.05, 4.69) is 31.4 Å². The van der Waals surface area contributed by atoms with E-state index in [4.69, 9.17) is 10.5 Å². The van der Waals surface area contributed by atoms with Crippen LogP contribution in [0, 0.1) is 11.3 Å². The molecule has 2 aromatic rings. The van der Waals surface area contributed by atoms with Crippen LogP contribution in [0.5, 0.6) is 0 Å². The van der Waals surface area contributed by atoms with Crippen molar-refractivity contribution in [3.63, 3.8) is 0 Å². The summed E-state index contributed by atoms with van der Waals surface area (Å²) in [6, 6.07) is 6.18. The molecule has 10 heteroatoms. The number of nitriles is 1.